The van der Waals surface area contributed by atoms with E-state index in [0.29, 0.717) is 5.75 Å². The normalized spacial score (nSPS) is 12.2. The Bertz CT molecular complexity index is 641. The lowest BCUT2D eigenvalue weighted by Crippen LogP contribution is -2.14. The van der Waals surface area contributed by atoms with Gasteiger partial charge < -0.3 is 4.74 Å². The Labute approximate surface area is 113 Å². The predicted octanol–water partition coefficient (Wildman–Crippen LogP) is 3.82. The van der Waals surface area contributed by atoms with Crippen molar-refractivity contribution in [1.29, 1.82) is 0 Å². The number of hydrogen-bond donors (Lipinski definition) is 0. The number of rotatable bonds is 2. The molecule has 0 amide bonds. The number of esters is 1. The van der Waals surface area contributed by atoms with Crippen LogP contribution in [0.1, 0.15) is 25.0 Å². The molecule has 1 aliphatic carbocycles. The molecule has 0 N–H and O–H groups in total. The van der Waals surface area contributed by atoms with Crippen molar-refractivity contribution in [1.82, 2.24) is 0 Å². The van der Waals surface area contributed by atoms with Crippen molar-refractivity contribution in [3.63, 3.8) is 0 Å². The zero-order valence-corrected chi connectivity index (χ0v) is 11.1. The molecule has 0 bridgehead atoms. The van der Waals surface area contributed by atoms with Crippen LogP contribution in [0.25, 0.3) is 11.1 Å². The first-order chi connectivity index (χ1) is 9.15. The van der Waals surface area contributed by atoms with Gasteiger partial charge in [0.05, 0.1) is 5.92 Å². The molecule has 96 valence electrons. The van der Waals surface area contributed by atoms with Gasteiger partial charge in [-0.15, -0.1) is 0 Å². The van der Waals surface area contributed by atoms with Gasteiger partial charge in [0.25, 0.3) is 0 Å². The van der Waals surface area contributed by atoms with Crippen molar-refractivity contribution in [2.75, 3.05) is 0 Å². The molecule has 0 aliphatic heterocycles. The molecular formula is C17H16O2. The molecule has 3 rings (SSSR count). The molecule has 1 aliphatic rings. The molecule has 0 atom stereocenters. The van der Waals surface area contributed by atoms with Crippen LogP contribution in [-0.4, -0.2) is 5.97 Å². The minimum Gasteiger partial charge on any atom is -0.426 e. The maximum absolute atomic E-state index is 11.6. The van der Waals surface area contributed by atoms with Crippen molar-refractivity contribution < 1.29 is 9.53 Å². The second-order valence-electron chi connectivity index (χ2n) is 5.23. The molecule has 2 heteroatoms. The zero-order valence-electron chi connectivity index (χ0n) is 11.1. The van der Waals surface area contributed by atoms with Crippen molar-refractivity contribution in [3.05, 3.63) is 53.6 Å². The van der Waals surface area contributed by atoms with E-state index in [2.05, 4.69) is 24.3 Å². The van der Waals surface area contributed by atoms with Crippen molar-refractivity contribution in [2.24, 2.45) is 5.92 Å². The first-order valence-electron chi connectivity index (χ1n) is 6.58. The van der Waals surface area contributed by atoms with E-state index in [0.717, 1.165) is 6.42 Å². The standard InChI is InChI=1S/C17H16O2/c1-11(2)17(18)19-14-7-8-16-13(10-14)9-12-5-3-4-6-15(12)16/h3-8,10-11H,9H2,1-2H3. The topological polar surface area (TPSA) is 26.3 Å². The Balaban J connectivity index is 1.91. The van der Waals surface area contributed by atoms with E-state index < -0.39 is 0 Å². The lowest BCUT2D eigenvalue weighted by Gasteiger charge is -2.08. The van der Waals surface area contributed by atoms with Crippen LogP contribution < -0.4 is 4.74 Å². The molecule has 2 nitrogen and oxygen atoms in total. The number of carbonyl (C=O) groups is 1. The summed E-state index contributed by atoms with van der Waals surface area (Å²) >= 11 is 0. The van der Waals surface area contributed by atoms with Gasteiger partial charge in [0.2, 0.25) is 0 Å². The summed E-state index contributed by atoms with van der Waals surface area (Å²) in [7, 11) is 0. The summed E-state index contributed by atoms with van der Waals surface area (Å²) in [4.78, 5) is 11.6. The maximum atomic E-state index is 11.6. The quantitative estimate of drug-likeness (QED) is 0.512. The first-order valence-corrected chi connectivity index (χ1v) is 6.58. The molecular weight excluding hydrogens is 236 g/mol. The average Bonchev–Trinajstić information content (AvgIpc) is 2.76. The highest BCUT2D eigenvalue weighted by molar-refractivity contribution is 5.79. The molecule has 19 heavy (non-hydrogen) atoms. The molecule has 0 heterocycles. The van der Waals surface area contributed by atoms with Crippen molar-refractivity contribution in [2.45, 2.75) is 20.3 Å². The summed E-state index contributed by atoms with van der Waals surface area (Å²) in [6, 6.07) is 14.3. The van der Waals surface area contributed by atoms with Gasteiger partial charge in [-0.2, -0.15) is 0 Å². The smallest absolute Gasteiger partial charge is 0.313 e. The molecule has 0 radical (unpaired) electrons. The highest BCUT2D eigenvalue weighted by atomic mass is 16.5. The molecule has 0 saturated heterocycles. The van der Waals surface area contributed by atoms with Gasteiger partial charge in [-0.1, -0.05) is 44.2 Å². The third kappa shape index (κ3) is 2.14. The summed E-state index contributed by atoms with van der Waals surface area (Å²) in [5.74, 6) is 0.353. The minimum atomic E-state index is -0.185. The van der Waals surface area contributed by atoms with Gasteiger partial charge in [-0.05, 0) is 40.8 Å². The van der Waals surface area contributed by atoms with Crippen LogP contribution in [0, 0.1) is 5.92 Å². The van der Waals surface area contributed by atoms with Gasteiger partial charge in [-0.3, -0.25) is 4.79 Å². The summed E-state index contributed by atoms with van der Waals surface area (Å²) in [6.07, 6.45) is 0.915. The molecule has 0 spiro atoms. The fourth-order valence-corrected chi connectivity index (χ4v) is 2.42. The number of hydrogen-bond acceptors (Lipinski definition) is 2. The largest absolute Gasteiger partial charge is 0.426 e. The van der Waals surface area contributed by atoms with E-state index in [1.54, 1.807) is 0 Å². The van der Waals surface area contributed by atoms with Gasteiger partial charge in [0, 0.05) is 0 Å². The molecule has 0 fully saturated rings. The second kappa shape index (κ2) is 4.54. The van der Waals surface area contributed by atoms with Gasteiger partial charge in [0.1, 0.15) is 5.75 Å². The highest BCUT2D eigenvalue weighted by Gasteiger charge is 2.19. The zero-order chi connectivity index (χ0) is 13.4. The number of carbonyl (C=O) groups excluding carboxylic acids is 1. The fourth-order valence-electron chi connectivity index (χ4n) is 2.42. The fraction of sp³-hybridized carbons (Fsp3) is 0.235. The van der Waals surface area contributed by atoms with Crippen LogP contribution in [-0.2, 0) is 11.2 Å². The average molecular weight is 252 g/mol. The Morgan fingerprint density at radius 3 is 2.58 bits per heavy atom. The number of fused-ring (bicyclic) bond motifs is 3. The third-order valence-electron chi connectivity index (χ3n) is 3.45. The molecule has 0 unspecified atom stereocenters. The van der Waals surface area contributed by atoms with Crippen LogP contribution in [0.3, 0.4) is 0 Å². The molecule has 2 aromatic rings. The lowest BCUT2D eigenvalue weighted by atomic mass is 10.1. The molecule has 0 saturated carbocycles. The summed E-state index contributed by atoms with van der Waals surface area (Å²) < 4.78 is 5.36. The van der Waals surface area contributed by atoms with E-state index in [1.165, 1.54) is 22.3 Å². The summed E-state index contributed by atoms with van der Waals surface area (Å²) in [5, 5.41) is 0. The number of ether oxygens (including phenoxy) is 1. The Morgan fingerprint density at radius 1 is 1.05 bits per heavy atom. The lowest BCUT2D eigenvalue weighted by molar-refractivity contribution is -0.137. The SMILES string of the molecule is CC(C)C(=O)Oc1ccc2c(c1)Cc1ccccc1-2. The van der Waals surface area contributed by atoms with Gasteiger partial charge in [-0.25, -0.2) is 0 Å². The molecule has 0 aromatic heterocycles. The van der Waals surface area contributed by atoms with Gasteiger partial charge in [0.15, 0.2) is 0 Å². The van der Waals surface area contributed by atoms with Crippen molar-refractivity contribution in [3.8, 4) is 16.9 Å². The maximum Gasteiger partial charge on any atom is 0.313 e. The van der Waals surface area contributed by atoms with Crippen LogP contribution in [0.4, 0.5) is 0 Å². The molecule has 2 aromatic carbocycles. The van der Waals surface area contributed by atoms with Crippen LogP contribution in [0.2, 0.25) is 0 Å². The Hall–Kier alpha value is -2.09. The van der Waals surface area contributed by atoms with E-state index in [9.17, 15) is 4.79 Å². The van der Waals surface area contributed by atoms with Crippen molar-refractivity contribution >= 4 is 5.97 Å². The predicted molar refractivity (Wildman–Crippen MR) is 75.2 cm³/mol. The van der Waals surface area contributed by atoms with E-state index in [-0.39, 0.29) is 11.9 Å². The first kappa shape index (κ1) is 12.0. The van der Waals surface area contributed by atoms with Crippen LogP contribution in [0.15, 0.2) is 42.5 Å². The monoisotopic (exact) mass is 252 g/mol. The minimum absolute atomic E-state index is 0.106. The highest BCUT2D eigenvalue weighted by Crippen LogP contribution is 2.38. The van der Waals surface area contributed by atoms with E-state index >= 15 is 0 Å². The Morgan fingerprint density at radius 2 is 1.79 bits per heavy atom. The second-order valence-corrected chi connectivity index (χ2v) is 5.23. The van der Waals surface area contributed by atoms with Crippen LogP contribution in [0.5, 0.6) is 5.75 Å². The van der Waals surface area contributed by atoms with Gasteiger partial charge >= 0.3 is 5.97 Å². The van der Waals surface area contributed by atoms with E-state index in [1.807, 2.05) is 32.0 Å². The summed E-state index contributed by atoms with van der Waals surface area (Å²) in [5.41, 5.74) is 5.11. The third-order valence-corrected chi connectivity index (χ3v) is 3.45. The van der Waals surface area contributed by atoms with E-state index in [4.69, 9.17) is 4.74 Å². The van der Waals surface area contributed by atoms with Crippen LogP contribution >= 0.6 is 0 Å². The summed E-state index contributed by atoms with van der Waals surface area (Å²) in [6.45, 7) is 3.68. The number of benzene rings is 2. The Kier molecular flexibility index (Phi) is 2.86.